The minimum atomic E-state index is 0.104. The topological polar surface area (TPSA) is 20.3 Å². The van der Waals surface area contributed by atoms with Crippen LogP contribution in [-0.2, 0) is 0 Å². The van der Waals surface area contributed by atoms with Gasteiger partial charge in [0.15, 0.2) is 0 Å². The Balaban J connectivity index is 2.25. The van der Waals surface area contributed by atoms with E-state index in [0.717, 1.165) is 35.8 Å². The van der Waals surface area contributed by atoms with Crippen LogP contribution in [0.25, 0.3) is 0 Å². The molecule has 2 rings (SSSR count). The highest BCUT2D eigenvalue weighted by Gasteiger charge is 2.33. The van der Waals surface area contributed by atoms with E-state index in [1.807, 2.05) is 30.0 Å². The van der Waals surface area contributed by atoms with Crippen LogP contribution in [0.4, 0.5) is 0 Å². The molecule has 1 amide bonds. The summed E-state index contributed by atoms with van der Waals surface area (Å²) >= 11 is 9.45. The van der Waals surface area contributed by atoms with Crippen molar-refractivity contribution in [2.75, 3.05) is 11.9 Å². The van der Waals surface area contributed by atoms with E-state index in [1.54, 1.807) is 0 Å². The standard InChI is InChI=1S/C13H15BrClNO/c1-9-11(3-2-4-12(9)15)13(17)16(8-7-14)10-5-6-10/h2-4,10H,5-8H2,1H3. The maximum absolute atomic E-state index is 12.4. The second-order valence-electron chi connectivity index (χ2n) is 4.33. The average molecular weight is 317 g/mol. The fraction of sp³-hybridized carbons (Fsp3) is 0.462. The molecule has 1 saturated carbocycles. The number of halogens is 2. The van der Waals surface area contributed by atoms with Crippen LogP contribution in [0, 0.1) is 6.92 Å². The molecule has 0 saturated heterocycles. The Morgan fingerprint density at radius 2 is 2.24 bits per heavy atom. The minimum absolute atomic E-state index is 0.104. The molecular weight excluding hydrogens is 302 g/mol. The first-order valence-corrected chi connectivity index (χ1v) is 7.27. The van der Waals surface area contributed by atoms with Crippen LogP contribution >= 0.6 is 27.5 Å². The zero-order valence-corrected chi connectivity index (χ0v) is 12.1. The van der Waals surface area contributed by atoms with Crippen LogP contribution < -0.4 is 0 Å². The number of hydrogen-bond acceptors (Lipinski definition) is 1. The fourth-order valence-corrected chi connectivity index (χ4v) is 2.48. The number of benzene rings is 1. The van der Waals surface area contributed by atoms with Gasteiger partial charge in [-0.3, -0.25) is 4.79 Å². The summed E-state index contributed by atoms with van der Waals surface area (Å²) in [5.41, 5.74) is 1.60. The summed E-state index contributed by atoms with van der Waals surface area (Å²) in [6, 6.07) is 5.94. The van der Waals surface area contributed by atoms with E-state index in [1.165, 1.54) is 0 Å². The Labute approximate surface area is 115 Å². The summed E-state index contributed by atoms with van der Waals surface area (Å²) in [4.78, 5) is 14.4. The van der Waals surface area contributed by atoms with Gasteiger partial charge in [0, 0.05) is 28.5 Å². The first kappa shape index (κ1) is 12.9. The number of nitrogens with zero attached hydrogens (tertiary/aromatic N) is 1. The molecule has 17 heavy (non-hydrogen) atoms. The molecule has 0 atom stereocenters. The van der Waals surface area contributed by atoms with Crippen LogP contribution in [0.1, 0.15) is 28.8 Å². The zero-order chi connectivity index (χ0) is 12.4. The Morgan fingerprint density at radius 1 is 1.53 bits per heavy atom. The van der Waals surface area contributed by atoms with Crippen molar-refractivity contribution in [3.05, 3.63) is 34.3 Å². The second kappa shape index (κ2) is 5.40. The number of alkyl halides is 1. The molecule has 1 aromatic rings. The van der Waals surface area contributed by atoms with Crippen LogP contribution in [0.5, 0.6) is 0 Å². The van der Waals surface area contributed by atoms with Gasteiger partial charge in [-0.05, 0) is 37.5 Å². The van der Waals surface area contributed by atoms with Gasteiger partial charge in [0.2, 0.25) is 0 Å². The third kappa shape index (κ3) is 2.83. The van der Waals surface area contributed by atoms with Crippen LogP contribution in [0.3, 0.4) is 0 Å². The van der Waals surface area contributed by atoms with E-state index in [0.29, 0.717) is 11.1 Å². The Hall–Kier alpha value is -0.540. The van der Waals surface area contributed by atoms with Gasteiger partial charge in [0.05, 0.1) is 0 Å². The Morgan fingerprint density at radius 3 is 2.82 bits per heavy atom. The molecule has 0 spiro atoms. The van der Waals surface area contributed by atoms with Crippen LogP contribution in [-0.4, -0.2) is 28.7 Å². The summed E-state index contributed by atoms with van der Waals surface area (Å²) in [7, 11) is 0. The molecular formula is C13H15BrClNO. The lowest BCUT2D eigenvalue weighted by molar-refractivity contribution is 0.0754. The first-order chi connectivity index (χ1) is 8.15. The van der Waals surface area contributed by atoms with E-state index < -0.39 is 0 Å². The molecule has 0 N–H and O–H groups in total. The van der Waals surface area contributed by atoms with Crippen molar-refractivity contribution in [3.8, 4) is 0 Å². The predicted molar refractivity (Wildman–Crippen MR) is 74.0 cm³/mol. The Bertz CT molecular complexity index is 431. The molecule has 0 heterocycles. The smallest absolute Gasteiger partial charge is 0.254 e. The number of carbonyl (C=O) groups is 1. The van der Waals surface area contributed by atoms with Gasteiger partial charge in [0.1, 0.15) is 0 Å². The van der Waals surface area contributed by atoms with Gasteiger partial charge >= 0.3 is 0 Å². The van der Waals surface area contributed by atoms with E-state index in [-0.39, 0.29) is 5.91 Å². The summed E-state index contributed by atoms with van der Waals surface area (Å²) < 4.78 is 0. The SMILES string of the molecule is Cc1c(Cl)cccc1C(=O)N(CCBr)C1CC1. The van der Waals surface area contributed by atoms with Crippen molar-refractivity contribution in [2.45, 2.75) is 25.8 Å². The molecule has 1 aromatic carbocycles. The lowest BCUT2D eigenvalue weighted by Gasteiger charge is -2.22. The third-order valence-electron chi connectivity index (χ3n) is 3.07. The van der Waals surface area contributed by atoms with Crippen molar-refractivity contribution < 1.29 is 4.79 Å². The van der Waals surface area contributed by atoms with Gasteiger partial charge < -0.3 is 4.90 Å². The van der Waals surface area contributed by atoms with Crippen molar-refractivity contribution in [2.24, 2.45) is 0 Å². The normalized spacial score (nSPS) is 14.8. The van der Waals surface area contributed by atoms with E-state index in [2.05, 4.69) is 15.9 Å². The number of carbonyl (C=O) groups excluding carboxylic acids is 1. The molecule has 0 aliphatic heterocycles. The monoisotopic (exact) mass is 315 g/mol. The lowest BCUT2D eigenvalue weighted by Crippen LogP contribution is -2.35. The lowest BCUT2D eigenvalue weighted by atomic mass is 10.1. The van der Waals surface area contributed by atoms with E-state index >= 15 is 0 Å². The van der Waals surface area contributed by atoms with Gasteiger partial charge in [0.25, 0.3) is 5.91 Å². The largest absolute Gasteiger partial charge is 0.335 e. The highest BCUT2D eigenvalue weighted by atomic mass is 79.9. The third-order valence-corrected chi connectivity index (χ3v) is 3.84. The number of amides is 1. The van der Waals surface area contributed by atoms with Crippen LogP contribution in [0.15, 0.2) is 18.2 Å². The average Bonchev–Trinajstić information content (AvgIpc) is 3.13. The maximum Gasteiger partial charge on any atom is 0.254 e. The highest BCUT2D eigenvalue weighted by molar-refractivity contribution is 9.09. The van der Waals surface area contributed by atoms with E-state index in [9.17, 15) is 4.79 Å². The van der Waals surface area contributed by atoms with Gasteiger partial charge in [-0.25, -0.2) is 0 Å². The van der Waals surface area contributed by atoms with Gasteiger partial charge in [-0.2, -0.15) is 0 Å². The number of hydrogen-bond donors (Lipinski definition) is 0. The van der Waals surface area contributed by atoms with Crippen molar-refractivity contribution in [1.29, 1.82) is 0 Å². The summed E-state index contributed by atoms with van der Waals surface area (Å²) in [6.45, 7) is 2.66. The van der Waals surface area contributed by atoms with E-state index in [4.69, 9.17) is 11.6 Å². The maximum atomic E-state index is 12.4. The molecule has 0 radical (unpaired) electrons. The summed E-state index contributed by atoms with van der Waals surface area (Å²) in [6.07, 6.45) is 2.25. The fourth-order valence-electron chi connectivity index (χ4n) is 1.92. The minimum Gasteiger partial charge on any atom is -0.335 e. The van der Waals surface area contributed by atoms with Crippen molar-refractivity contribution in [3.63, 3.8) is 0 Å². The molecule has 1 aliphatic rings. The van der Waals surface area contributed by atoms with Crippen LogP contribution in [0.2, 0.25) is 5.02 Å². The molecule has 92 valence electrons. The molecule has 0 bridgehead atoms. The van der Waals surface area contributed by atoms with Crippen molar-refractivity contribution >= 4 is 33.4 Å². The Kier molecular flexibility index (Phi) is 4.10. The second-order valence-corrected chi connectivity index (χ2v) is 5.53. The molecule has 2 nitrogen and oxygen atoms in total. The molecule has 4 heteroatoms. The molecule has 0 aromatic heterocycles. The molecule has 1 aliphatic carbocycles. The predicted octanol–water partition coefficient (Wildman–Crippen LogP) is 3.65. The number of rotatable bonds is 4. The van der Waals surface area contributed by atoms with Gasteiger partial charge in [-0.15, -0.1) is 0 Å². The molecule has 0 unspecified atom stereocenters. The highest BCUT2D eigenvalue weighted by Crippen LogP contribution is 2.29. The van der Waals surface area contributed by atoms with Gasteiger partial charge in [-0.1, -0.05) is 33.6 Å². The quantitative estimate of drug-likeness (QED) is 0.777. The zero-order valence-electron chi connectivity index (χ0n) is 9.75. The summed E-state index contributed by atoms with van der Waals surface area (Å²) in [5, 5.41) is 1.47. The summed E-state index contributed by atoms with van der Waals surface area (Å²) in [5.74, 6) is 0.104. The first-order valence-electron chi connectivity index (χ1n) is 5.77. The molecule has 1 fully saturated rings. The van der Waals surface area contributed by atoms with Crippen molar-refractivity contribution in [1.82, 2.24) is 4.90 Å².